The lowest BCUT2D eigenvalue weighted by Crippen LogP contribution is -2.55. The van der Waals surface area contributed by atoms with Crippen LogP contribution in [0.4, 0.5) is 10.6 Å². The van der Waals surface area contributed by atoms with E-state index in [4.69, 9.17) is 5.26 Å². The number of hydrogen-bond acceptors (Lipinski definition) is 5. The molecular formula is C17H22N6O2. The highest BCUT2D eigenvalue weighted by Gasteiger charge is 2.27. The third-order valence-electron chi connectivity index (χ3n) is 4.60. The number of nitrogens with one attached hydrogen (secondary N) is 2. The second-order valence-electron chi connectivity index (χ2n) is 6.28. The van der Waals surface area contributed by atoms with Crippen LogP contribution < -0.4 is 15.5 Å². The molecule has 3 heterocycles. The van der Waals surface area contributed by atoms with E-state index in [0.717, 1.165) is 18.7 Å². The predicted molar refractivity (Wildman–Crippen MR) is 91.9 cm³/mol. The van der Waals surface area contributed by atoms with Gasteiger partial charge in [0.15, 0.2) is 0 Å². The van der Waals surface area contributed by atoms with Gasteiger partial charge in [-0.3, -0.25) is 4.79 Å². The van der Waals surface area contributed by atoms with Crippen molar-refractivity contribution in [3.63, 3.8) is 0 Å². The van der Waals surface area contributed by atoms with Gasteiger partial charge in [0.2, 0.25) is 5.91 Å². The maximum absolute atomic E-state index is 12.4. The third-order valence-corrected chi connectivity index (χ3v) is 4.60. The Kier molecular flexibility index (Phi) is 5.33. The van der Waals surface area contributed by atoms with E-state index >= 15 is 0 Å². The van der Waals surface area contributed by atoms with Crippen LogP contribution in [0.3, 0.4) is 0 Å². The summed E-state index contributed by atoms with van der Waals surface area (Å²) in [6, 6.07) is 4.90. The molecule has 0 radical (unpaired) electrons. The van der Waals surface area contributed by atoms with Crippen LogP contribution in [-0.2, 0) is 4.79 Å². The van der Waals surface area contributed by atoms with Crippen LogP contribution >= 0.6 is 0 Å². The summed E-state index contributed by atoms with van der Waals surface area (Å²) < 4.78 is 0. The highest BCUT2D eigenvalue weighted by atomic mass is 16.2. The number of urea groups is 1. The predicted octanol–water partition coefficient (Wildman–Crippen LogP) is 0.454. The standard InChI is InChI=1S/C17H22N6O2/c18-12-13-4-6-19-15(11-13)22-7-9-23(10-8-22)17(25)21-14-3-1-2-5-20-16(14)24/h4,6,11,14H,1-3,5,7-10H2,(H,20,24)(H,21,25)/t14-/m0/s1. The number of nitriles is 1. The fraction of sp³-hybridized carbons (Fsp3) is 0.529. The number of pyridine rings is 1. The molecule has 0 aromatic carbocycles. The first kappa shape index (κ1) is 17.0. The van der Waals surface area contributed by atoms with E-state index in [-0.39, 0.29) is 11.9 Å². The molecule has 0 bridgehead atoms. The fourth-order valence-corrected chi connectivity index (χ4v) is 3.12. The summed E-state index contributed by atoms with van der Waals surface area (Å²) in [5.41, 5.74) is 0.574. The summed E-state index contributed by atoms with van der Waals surface area (Å²) in [7, 11) is 0. The molecule has 3 rings (SSSR count). The minimum Gasteiger partial charge on any atom is -0.354 e. The molecule has 3 amide bonds. The van der Waals surface area contributed by atoms with Crippen molar-refractivity contribution < 1.29 is 9.59 Å². The molecule has 2 N–H and O–H groups in total. The summed E-state index contributed by atoms with van der Waals surface area (Å²) in [5.74, 6) is 0.657. The van der Waals surface area contributed by atoms with Crippen molar-refractivity contribution in [1.82, 2.24) is 20.5 Å². The van der Waals surface area contributed by atoms with Crippen molar-refractivity contribution in [3.8, 4) is 6.07 Å². The summed E-state index contributed by atoms with van der Waals surface area (Å²) in [6.45, 7) is 3.08. The minimum absolute atomic E-state index is 0.0954. The van der Waals surface area contributed by atoms with E-state index in [1.54, 1.807) is 23.2 Å². The molecule has 0 aliphatic carbocycles. The minimum atomic E-state index is -0.443. The zero-order chi connectivity index (χ0) is 17.6. The number of aromatic nitrogens is 1. The van der Waals surface area contributed by atoms with Gasteiger partial charge in [-0.05, 0) is 31.4 Å². The van der Waals surface area contributed by atoms with Gasteiger partial charge in [-0.25, -0.2) is 9.78 Å². The number of anilines is 1. The van der Waals surface area contributed by atoms with Gasteiger partial charge in [0.1, 0.15) is 11.9 Å². The van der Waals surface area contributed by atoms with Gasteiger partial charge in [-0.1, -0.05) is 0 Å². The van der Waals surface area contributed by atoms with Crippen molar-refractivity contribution in [3.05, 3.63) is 23.9 Å². The summed E-state index contributed by atoms with van der Waals surface area (Å²) in [5, 5.41) is 14.7. The molecule has 2 aliphatic heterocycles. The first-order valence-corrected chi connectivity index (χ1v) is 8.61. The molecule has 2 aliphatic rings. The van der Waals surface area contributed by atoms with Gasteiger partial charge in [0, 0.05) is 38.9 Å². The lowest BCUT2D eigenvalue weighted by molar-refractivity contribution is -0.122. The molecule has 2 fully saturated rings. The number of rotatable bonds is 2. The molecule has 1 aromatic heterocycles. The number of carbonyl (C=O) groups excluding carboxylic acids is 2. The van der Waals surface area contributed by atoms with Crippen LogP contribution in [-0.4, -0.2) is 60.6 Å². The van der Waals surface area contributed by atoms with Crippen LogP contribution in [0.25, 0.3) is 0 Å². The second-order valence-corrected chi connectivity index (χ2v) is 6.28. The molecule has 25 heavy (non-hydrogen) atoms. The molecular weight excluding hydrogens is 320 g/mol. The van der Waals surface area contributed by atoms with Gasteiger partial charge in [-0.2, -0.15) is 5.26 Å². The normalized spacial score (nSPS) is 21.1. The van der Waals surface area contributed by atoms with Gasteiger partial charge in [-0.15, -0.1) is 0 Å². The number of carbonyl (C=O) groups is 2. The highest BCUT2D eigenvalue weighted by Crippen LogP contribution is 2.15. The molecule has 1 atom stereocenters. The number of hydrogen-bond donors (Lipinski definition) is 2. The Morgan fingerprint density at radius 2 is 2.12 bits per heavy atom. The summed E-state index contributed by atoms with van der Waals surface area (Å²) in [6.07, 6.45) is 4.18. The Hall–Kier alpha value is -2.82. The van der Waals surface area contributed by atoms with Crippen molar-refractivity contribution in [1.29, 1.82) is 5.26 Å². The summed E-state index contributed by atoms with van der Waals surface area (Å²) in [4.78, 5) is 32.4. The Labute approximate surface area is 146 Å². The Bertz CT molecular complexity index is 678. The quantitative estimate of drug-likeness (QED) is 0.813. The average molecular weight is 342 g/mol. The molecule has 132 valence electrons. The molecule has 0 spiro atoms. The topological polar surface area (TPSA) is 101 Å². The first-order chi connectivity index (χ1) is 12.2. The Morgan fingerprint density at radius 1 is 1.32 bits per heavy atom. The first-order valence-electron chi connectivity index (χ1n) is 8.61. The molecule has 8 nitrogen and oxygen atoms in total. The highest BCUT2D eigenvalue weighted by molar-refractivity contribution is 5.87. The van der Waals surface area contributed by atoms with Crippen LogP contribution in [0.1, 0.15) is 24.8 Å². The van der Waals surface area contributed by atoms with E-state index < -0.39 is 6.04 Å². The van der Waals surface area contributed by atoms with Gasteiger partial charge >= 0.3 is 6.03 Å². The molecule has 1 aromatic rings. The van der Waals surface area contributed by atoms with Crippen LogP contribution in [0.2, 0.25) is 0 Å². The van der Waals surface area contributed by atoms with E-state index in [2.05, 4.69) is 26.6 Å². The van der Waals surface area contributed by atoms with Crippen LogP contribution in [0.5, 0.6) is 0 Å². The maximum Gasteiger partial charge on any atom is 0.318 e. The van der Waals surface area contributed by atoms with E-state index in [9.17, 15) is 9.59 Å². The average Bonchev–Trinajstić information content (AvgIpc) is 2.86. The fourth-order valence-electron chi connectivity index (χ4n) is 3.12. The Balaban J connectivity index is 1.53. The van der Waals surface area contributed by atoms with Crippen LogP contribution in [0.15, 0.2) is 18.3 Å². The van der Waals surface area contributed by atoms with E-state index in [0.29, 0.717) is 44.7 Å². The molecule has 0 unspecified atom stereocenters. The van der Waals surface area contributed by atoms with Crippen molar-refractivity contribution in [2.75, 3.05) is 37.6 Å². The third kappa shape index (κ3) is 4.18. The molecule has 2 saturated heterocycles. The van der Waals surface area contributed by atoms with Gasteiger partial charge in [0.05, 0.1) is 11.6 Å². The van der Waals surface area contributed by atoms with Gasteiger partial charge in [0.25, 0.3) is 0 Å². The smallest absolute Gasteiger partial charge is 0.318 e. The van der Waals surface area contributed by atoms with Crippen molar-refractivity contribution >= 4 is 17.8 Å². The Morgan fingerprint density at radius 3 is 2.88 bits per heavy atom. The zero-order valence-corrected chi connectivity index (χ0v) is 14.1. The number of nitrogens with zero attached hydrogens (tertiary/aromatic N) is 4. The number of piperazine rings is 1. The SMILES string of the molecule is N#Cc1ccnc(N2CCN(C(=O)N[C@H]3CCCCNC3=O)CC2)c1. The largest absolute Gasteiger partial charge is 0.354 e. The lowest BCUT2D eigenvalue weighted by atomic mass is 10.1. The van der Waals surface area contributed by atoms with Crippen molar-refractivity contribution in [2.45, 2.75) is 25.3 Å². The number of amides is 3. The van der Waals surface area contributed by atoms with E-state index in [1.165, 1.54) is 0 Å². The van der Waals surface area contributed by atoms with Crippen molar-refractivity contribution in [2.24, 2.45) is 0 Å². The zero-order valence-electron chi connectivity index (χ0n) is 14.1. The monoisotopic (exact) mass is 342 g/mol. The molecule has 8 heteroatoms. The van der Waals surface area contributed by atoms with Gasteiger partial charge < -0.3 is 20.4 Å². The van der Waals surface area contributed by atoms with E-state index in [1.807, 2.05) is 0 Å². The molecule has 0 saturated carbocycles. The van der Waals surface area contributed by atoms with Crippen LogP contribution in [0, 0.1) is 11.3 Å². The summed E-state index contributed by atoms with van der Waals surface area (Å²) >= 11 is 0. The maximum atomic E-state index is 12.4. The second kappa shape index (κ2) is 7.83. The lowest BCUT2D eigenvalue weighted by Gasteiger charge is -2.36.